The van der Waals surface area contributed by atoms with Gasteiger partial charge in [0.2, 0.25) is 5.91 Å². The molecule has 4 rings (SSSR count). The van der Waals surface area contributed by atoms with Gasteiger partial charge in [-0.1, -0.05) is 12.1 Å². The van der Waals surface area contributed by atoms with Crippen molar-refractivity contribution in [3.63, 3.8) is 0 Å². The summed E-state index contributed by atoms with van der Waals surface area (Å²) in [6.07, 6.45) is 4.90. The number of nitrogens with zero attached hydrogens (tertiary/aromatic N) is 4. The molecule has 2 atom stereocenters. The fraction of sp³-hybridized carbons (Fsp3) is 0.333. The molecule has 25 heavy (non-hydrogen) atoms. The highest BCUT2D eigenvalue weighted by atomic mass is 16.5. The van der Waals surface area contributed by atoms with Crippen LogP contribution in [0.2, 0.25) is 0 Å². The van der Waals surface area contributed by atoms with E-state index in [1.54, 1.807) is 46.6 Å². The zero-order valence-corrected chi connectivity index (χ0v) is 13.6. The van der Waals surface area contributed by atoms with Crippen LogP contribution in [0.1, 0.15) is 16.1 Å². The van der Waals surface area contributed by atoms with Crippen molar-refractivity contribution in [3.8, 4) is 0 Å². The number of aromatic nitrogens is 2. The van der Waals surface area contributed by atoms with Crippen molar-refractivity contribution < 1.29 is 14.3 Å². The maximum absolute atomic E-state index is 12.6. The topological polar surface area (TPSA) is 75.6 Å². The molecule has 4 heterocycles. The van der Waals surface area contributed by atoms with Gasteiger partial charge in [-0.15, -0.1) is 0 Å². The fourth-order valence-corrected chi connectivity index (χ4v) is 3.38. The minimum atomic E-state index is -0.165. The highest BCUT2D eigenvalue weighted by Crippen LogP contribution is 2.26. The summed E-state index contributed by atoms with van der Waals surface area (Å²) >= 11 is 0. The minimum absolute atomic E-state index is 0.0487. The van der Waals surface area contributed by atoms with Crippen LogP contribution >= 0.6 is 0 Å². The van der Waals surface area contributed by atoms with E-state index in [9.17, 15) is 9.59 Å². The Labute approximate surface area is 145 Å². The zero-order chi connectivity index (χ0) is 17.2. The van der Waals surface area contributed by atoms with Gasteiger partial charge in [0.25, 0.3) is 5.91 Å². The second-order valence-electron chi connectivity index (χ2n) is 6.22. The number of ether oxygens (including phenoxy) is 1. The maximum atomic E-state index is 12.6. The van der Waals surface area contributed by atoms with E-state index in [-0.39, 0.29) is 30.6 Å². The van der Waals surface area contributed by atoms with Gasteiger partial charge in [0.1, 0.15) is 12.3 Å². The van der Waals surface area contributed by atoms with E-state index in [2.05, 4.69) is 9.97 Å². The Hall–Kier alpha value is -2.80. The molecular weight excluding hydrogens is 320 g/mol. The zero-order valence-electron chi connectivity index (χ0n) is 13.6. The SMILES string of the molecule is O=C(c1ccccn1)N1C[C@@H]2OCC(=O)N(Cc3cccnc3)[C@@H]2C1. The van der Waals surface area contributed by atoms with Crippen LogP contribution in [0.25, 0.3) is 0 Å². The van der Waals surface area contributed by atoms with Crippen molar-refractivity contribution in [3.05, 3.63) is 60.2 Å². The molecule has 7 heteroatoms. The van der Waals surface area contributed by atoms with Crippen molar-refractivity contribution in [2.75, 3.05) is 19.7 Å². The molecule has 2 amide bonds. The molecule has 0 N–H and O–H groups in total. The summed E-state index contributed by atoms with van der Waals surface area (Å²) in [6.45, 7) is 1.44. The molecule has 0 aliphatic carbocycles. The Bertz CT molecular complexity index is 768. The summed E-state index contributed by atoms with van der Waals surface area (Å²) in [4.78, 5) is 36.7. The summed E-state index contributed by atoms with van der Waals surface area (Å²) < 4.78 is 5.68. The van der Waals surface area contributed by atoms with Gasteiger partial charge in [0.05, 0.1) is 12.1 Å². The van der Waals surface area contributed by atoms with E-state index < -0.39 is 0 Å². The van der Waals surface area contributed by atoms with E-state index in [0.29, 0.717) is 25.3 Å². The average Bonchev–Trinajstić information content (AvgIpc) is 3.10. The van der Waals surface area contributed by atoms with Crippen LogP contribution in [0.4, 0.5) is 0 Å². The number of pyridine rings is 2. The summed E-state index contributed by atoms with van der Waals surface area (Å²) in [7, 11) is 0. The number of hydrogen-bond donors (Lipinski definition) is 0. The first kappa shape index (κ1) is 15.7. The average molecular weight is 338 g/mol. The summed E-state index contributed by atoms with van der Waals surface area (Å²) in [6, 6.07) is 8.91. The lowest BCUT2D eigenvalue weighted by Gasteiger charge is -2.36. The molecule has 2 aromatic heterocycles. The fourth-order valence-electron chi connectivity index (χ4n) is 3.38. The molecule has 2 saturated heterocycles. The van der Waals surface area contributed by atoms with Gasteiger partial charge in [0, 0.05) is 38.2 Å². The van der Waals surface area contributed by atoms with Gasteiger partial charge >= 0.3 is 0 Å². The van der Waals surface area contributed by atoms with Crippen LogP contribution in [0.3, 0.4) is 0 Å². The Balaban J connectivity index is 1.52. The van der Waals surface area contributed by atoms with Gasteiger partial charge in [-0.25, -0.2) is 0 Å². The molecule has 2 aromatic rings. The number of morpholine rings is 1. The molecule has 2 aliphatic heterocycles. The standard InChI is InChI=1S/C18H18N4O3/c23-17-12-25-16-11-21(18(24)14-5-1-2-7-20-14)10-15(16)22(17)9-13-4-3-6-19-8-13/h1-8,15-16H,9-12H2/t15-,16+/m1/s1. The first-order valence-corrected chi connectivity index (χ1v) is 8.22. The Morgan fingerprint density at radius 1 is 1.20 bits per heavy atom. The predicted molar refractivity (Wildman–Crippen MR) is 88.5 cm³/mol. The number of carbonyl (C=O) groups is 2. The quantitative estimate of drug-likeness (QED) is 0.825. The van der Waals surface area contributed by atoms with Gasteiger partial charge in [-0.05, 0) is 23.8 Å². The van der Waals surface area contributed by atoms with Gasteiger partial charge in [0.15, 0.2) is 0 Å². The lowest BCUT2D eigenvalue weighted by molar-refractivity contribution is -0.153. The van der Waals surface area contributed by atoms with E-state index >= 15 is 0 Å². The summed E-state index contributed by atoms with van der Waals surface area (Å²) in [5.74, 6) is -0.190. The van der Waals surface area contributed by atoms with Gasteiger partial charge in [-0.3, -0.25) is 19.6 Å². The molecular formula is C18H18N4O3. The van der Waals surface area contributed by atoms with Crippen LogP contribution in [-0.4, -0.2) is 63.4 Å². The number of rotatable bonds is 3. The number of likely N-dealkylation sites (tertiary alicyclic amines) is 1. The van der Waals surface area contributed by atoms with E-state index in [1.165, 1.54) is 0 Å². The van der Waals surface area contributed by atoms with E-state index in [1.807, 2.05) is 12.1 Å². The first-order chi connectivity index (χ1) is 12.2. The van der Waals surface area contributed by atoms with Crippen LogP contribution < -0.4 is 0 Å². The van der Waals surface area contributed by atoms with Gasteiger partial charge in [-0.2, -0.15) is 0 Å². The smallest absolute Gasteiger partial charge is 0.272 e. The lowest BCUT2D eigenvalue weighted by atomic mass is 10.1. The third kappa shape index (κ3) is 3.10. The third-order valence-electron chi connectivity index (χ3n) is 4.63. The van der Waals surface area contributed by atoms with Crippen molar-refractivity contribution >= 4 is 11.8 Å². The molecule has 0 radical (unpaired) electrons. The van der Waals surface area contributed by atoms with Crippen molar-refractivity contribution in [2.45, 2.75) is 18.7 Å². The second-order valence-corrected chi connectivity index (χ2v) is 6.22. The van der Waals surface area contributed by atoms with Crippen molar-refractivity contribution in [1.82, 2.24) is 19.8 Å². The Kier molecular flexibility index (Phi) is 4.15. The van der Waals surface area contributed by atoms with Crippen molar-refractivity contribution in [1.29, 1.82) is 0 Å². The molecule has 2 fully saturated rings. The molecule has 0 bridgehead atoms. The second kappa shape index (κ2) is 6.60. The molecule has 7 nitrogen and oxygen atoms in total. The lowest BCUT2D eigenvalue weighted by Crippen LogP contribution is -2.53. The predicted octanol–water partition coefficient (Wildman–Crippen LogP) is 0.729. The third-order valence-corrected chi connectivity index (χ3v) is 4.63. The monoisotopic (exact) mass is 338 g/mol. The highest BCUT2D eigenvalue weighted by molar-refractivity contribution is 5.92. The molecule has 0 saturated carbocycles. The number of amides is 2. The molecule has 128 valence electrons. The minimum Gasteiger partial charge on any atom is -0.364 e. The Morgan fingerprint density at radius 2 is 2.12 bits per heavy atom. The maximum Gasteiger partial charge on any atom is 0.272 e. The van der Waals surface area contributed by atoms with Crippen LogP contribution in [0.15, 0.2) is 48.9 Å². The molecule has 2 aliphatic rings. The largest absolute Gasteiger partial charge is 0.364 e. The van der Waals surface area contributed by atoms with Crippen molar-refractivity contribution in [2.24, 2.45) is 0 Å². The summed E-state index contributed by atoms with van der Waals surface area (Å²) in [5.41, 5.74) is 1.37. The number of hydrogen-bond acceptors (Lipinski definition) is 5. The molecule has 0 aromatic carbocycles. The Morgan fingerprint density at radius 3 is 2.88 bits per heavy atom. The molecule has 0 unspecified atom stereocenters. The molecule has 0 spiro atoms. The van der Waals surface area contributed by atoms with E-state index in [4.69, 9.17) is 4.74 Å². The number of fused-ring (bicyclic) bond motifs is 1. The normalized spacial score (nSPS) is 22.8. The number of carbonyl (C=O) groups excluding carboxylic acids is 2. The summed E-state index contributed by atoms with van der Waals surface area (Å²) in [5, 5.41) is 0. The highest BCUT2D eigenvalue weighted by Gasteiger charge is 2.44. The first-order valence-electron chi connectivity index (χ1n) is 8.22. The van der Waals surface area contributed by atoms with Crippen LogP contribution in [0.5, 0.6) is 0 Å². The van der Waals surface area contributed by atoms with Crippen LogP contribution in [-0.2, 0) is 16.1 Å². The van der Waals surface area contributed by atoms with Crippen LogP contribution in [0, 0.1) is 0 Å². The van der Waals surface area contributed by atoms with E-state index in [0.717, 1.165) is 5.56 Å². The van der Waals surface area contributed by atoms with Gasteiger partial charge < -0.3 is 14.5 Å².